The summed E-state index contributed by atoms with van der Waals surface area (Å²) in [5, 5.41) is 0. The van der Waals surface area contributed by atoms with Gasteiger partial charge in [-0.05, 0) is 58.4 Å². The van der Waals surface area contributed by atoms with Crippen molar-refractivity contribution >= 4 is 11.1 Å². The summed E-state index contributed by atoms with van der Waals surface area (Å²) < 4.78 is 0. The summed E-state index contributed by atoms with van der Waals surface area (Å²) in [6, 6.07) is 38.6. The highest BCUT2D eigenvalue weighted by atomic mass is 14.2. The van der Waals surface area contributed by atoms with Gasteiger partial charge in [-0.25, -0.2) is 0 Å². The van der Waals surface area contributed by atoms with Crippen LogP contribution in [0.4, 0.5) is 0 Å². The second-order valence-corrected chi connectivity index (χ2v) is 7.07. The molecule has 0 heterocycles. The number of allylic oxidation sites excluding steroid dienone is 2. The molecule has 0 N–H and O–H groups in total. The molecule has 0 heteroatoms. The van der Waals surface area contributed by atoms with E-state index in [0.717, 1.165) is 0 Å². The minimum atomic E-state index is 1.25. The molecule has 0 saturated heterocycles. The maximum atomic E-state index is 2.24. The first kappa shape index (κ1) is 18.0. The van der Waals surface area contributed by atoms with Gasteiger partial charge in [0.05, 0.1) is 0 Å². The molecule has 0 bridgehead atoms. The molecule has 0 aliphatic rings. The van der Waals surface area contributed by atoms with Crippen LogP contribution in [-0.2, 0) is 0 Å². The van der Waals surface area contributed by atoms with Crippen LogP contribution in [0.5, 0.6) is 0 Å². The van der Waals surface area contributed by atoms with Crippen molar-refractivity contribution in [1.82, 2.24) is 0 Å². The van der Waals surface area contributed by atoms with Gasteiger partial charge in [0.2, 0.25) is 0 Å². The molecule has 0 aliphatic carbocycles. The van der Waals surface area contributed by atoms with E-state index in [1.807, 2.05) is 0 Å². The summed E-state index contributed by atoms with van der Waals surface area (Å²) in [4.78, 5) is 0. The lowest BCUT2D eigenvalue weighted by molar-refractivity contribution is 1.49. The molecule has 0 spiro atoms. The maximum absolute atomic E-state index is 2.24. The molecule has 0 aliphatic heterocycles. The Bertz CT molecular complexity index is 1010. The first-order chi connectivity index (χ1) is 13.8. The van der Waals surface area contributed by atoms with E-state index >= 15 is 0 Å². The zero-order valence-electron chi connectivity index (χ0n) is 16.4. The molecule has 28 heavy (non-hydrogen) atoms. The Labute approximate surface area is 167 Å². The van der Waals surface area contributed by atoms with Crippen molar-refractivity contribution in [1.29, 1.82) is 0 Å². The van der Waals surface area contributed by atoms with Crippen LogP contribution in [0.1, 0.15) is 25.0 Å². The van der Waals surface area contributed by atoms with Crippen molar-refractivity contribution in [3.8, 4) is 22.3 Å². The van der Waals surface area contributed by atoms with Crippen LogP contribution < -0.4 is 0 Å². The Morgan fingerprint density at radius 2 is 0.714 bits per heavy atom. The Morgan fingerprint density at radius 1 is 0.393 bits per heavy atom. The van der Waals surface area contributed by atoms with Gasteiger partial charge >= 0.3 is 0 Å². The fourth-order valence-electron chi connectivity index (χ4n) is 3.76. The quantitative estimate of drug-likeness (QED) is 0.324. The molecule has 0 aromatic heterocycles. The van der Waals surface area contributed by atoms with Crippen molar-refractivity contribution < 1.29 is 0 Å². The summed E-state index contributed by atoms with van der Waals surface area (Å²) in [7, 11) is 0. The van der Waals surface area contributed by atoms with Gasteiger partial charge in [-0.15, -0.1) is 0 Å². The number of rotatable bonds is 4. The normalized spacial score (nSPS) is 11.8. The first-order valence-electron chi connectivity index (χ1n) is 9.73. The molecule has 0 fully saturated rings. The molecule has 4 aromatic rings. The second-order valence-electron chi connectivity index (χ2n) is 7.07. The summed E-state index contributed by atoms with van der Waals surface area (Å²) in [5.41, 5.74) is 10.2. The zero-order chi connectivity index (χ0) is 19.3. The van der Waals surface area contributed by atoms with Gasteiger partial charge in [-0.2, -0.15) is 0 Å². The summed E-state index contributed by atoms with van der Waals surface area (Å²) in [6.07, 6.45) is 0. The average molecular weight is 361 g/mol. The van der Waals surface area contributed by atoms with Crippen LogP contribution in [0.3, 0.4) is 0 Å². The van der Waals surface area contributed by atoms with Crippen LogP contribution in [0.2, 0.25) is 0 Å². The largest absolute Gasteiger partial charge is 0.0622 e. The Morgan fingerprint density at radius 3 is 1.11 bits per heavy atom. The fourth-order valence-corrected chi connectivity index (χ4v) is 3.76. The molecule has 0 unspecified atom stereocenters. The van der Waals surface area contributed by atoms with E-state index in [9.17, 15) is 0 Å². The average Bonchev–Trinajstić information content (AvgIpc) is 2.79. The summed E-state index contributed by atoms with van der Waals surface area (Å²) in [6.45, 7) is 4.47. The summed E-state index contributed by atoms with van der Waals surface area (Å²) >= 11 is 0. The molecular weight excluding hydrogens is 336 g/mol. The molecule has 0 atom stereocenters. The molecule has 0 nitrogen and oxygen atoms in total. The lowest BCUT2D eigenvalue weighted by Crippen LogP contribution is -1.93. The van der Waals surface area contributed by atoms with E-state index in [1.165, 1.54) is 44.5 Å². The summed E-state index contributed by atoms with van der Waals surface area (Å²) in [5.74, 6) is 0. The van der Waals surface area contributed by atoms with Crippen molar-refractivity contribution in [2.24, 2.45) is 0 Å². The van der Waals surface area contributed by atoms with Crippen LogP contribution >= 0.6 is 0 Å². The Hall–Kier alpha value is -3.38. The third-order valence-electron chi connectivity index (χ3n) is 5.39. The Balaban J connectivity index is 1.87. The van der Waals surface area contributed by atoms with E-state index in [1.54, 1.807) is 0 Å². The topological polar surface area (TPSA) is 0 Å². The van der Waals surface area contributed by atoms with Crippen LogP contribution in [0.15, 0.2) is 109 Å². The van der Waals surface area contributed by atoms with Crippen LogP contribution in [0.25, 0.3) is 33.4 Å². The van der Waals surface area contributed by atoms with Crippen LogP contribution in [-0.4, -0.2) is 0 Å². The lowest BCUT2D eigenvalue weighted by atomic mass is 9.88. The highest BCUT2D eigenvalue weighted by Crippen LogP contribution is 2.36. The van der Waals surface area contributed by atoms with Gasteiger partial charge in [-0.1, -0.05) is 109 Å². The van der Waals surface area contributed by atoms with Gasteiger partial charge in [0.15, 0.2) is 0 Å². The smallest absolute Gasteiger partial charge is 0.0109 e. The molecule has 4 rings (SSSR count). The van der Waals surface area contributed by atoms with Gasteiger partial charge in [0.25, 0.3) is 0 Å². The maximum Gasteiger partial charge on any atom is -0.0109 e. The molecule has 136 valence electrons. The number of hydrogen-bond acceptors (Lipinski definition) is 0. The lowest BCUT2D eigenvalue weighted by Gasteiger charge is -2.16. The monoisotopic (exact) mass is 360 g/mol. The Kier molecular flexibility index (Phi) is 5.21. The highest BCUT2D eigenvalue weighted by molar-refractivity contribution is 5.97. The highest BCUT2D eigenvalue weighted by Gasteiger charge is 2.12. The minimum Gasteiger partial charge on any atom is -0.0622 e. The van der Waals surface area contributed by atoms with Crippen molar-refractivity contribution in [2.75, 3.05) is 0 Å². The SMILES string of the molecule is C/C(=C(/C)c1ccccc1-c1ccccc1)c1ccccc1-c1ccccc1. The predicted octanol–water partition coefficient (Wildman–Crippen LogP) is 7.97. The predicted molar refractivity (Wildman–Crippen MR) is 122 cm³/mol. The molecular formula is C28H24. The minimum absolute atomic E-state index is 1.25. The molecule has 0 radical (unpaired) electrons. The molecule has 4 aromatic carbocycles. The fraction of sp³-hybridized carbons (Fsp3) is 0.0714. The van der Waals surface area contributed by atoms with E-state index in [0.29, 0.717) is 0 Å². The number of benzene rings is 4. The van der Waals surface area contributed by atoms with E-state index in [-0.39, 0.29) is 0 Å². The van der Waals surface area contributed by atoms with E-state index in [2.05, 4.69) is 123 Å². The molecule has 0 saturated carbocycles. The second kappa shape index (κ2) is 8.10. The molecule has 0 amide bonds. The van der Waals surface area contributed by atoms with Gasteiger partial charge < -0.3 is 0 Å². The van der Waals surface area contributed by atoms with Gasteiger partial charge in [-0.3, -0.25) is 0 Å². The van der Waals surface area contributed by atoms with Crippen molar-refractivity contribution in [3.63, 3.8) is 0 Å². The van der Waals surface area contributed by atoms with Crippen molar-refractivity contribution in [3.05, 3.63) is 120 Å². The third-order valence-corrected chi connectivity index (χ3v) is 5.39. The van der Waals surface area contributed by atoms with Crippen molar-refractivity contribution in [2.45, 2.75) is 13.8 Å². The first-order valence-corrected chi connectivity index (χ1v) is 9.73. The van der Waals surface area contributed by atoms with Gasteiger partial charge in [0.1, 0.15) is 0 Å². The number of hydrogen-bond donors (Lipinski definition) is 0. The standard InChI is InChI=1S/C28H24/c1-21(25-17-9-11-19-27(25)23-13-5-3-6-14-23)22(2)26-18-10-12-20-28(26)24-15-7-4-8-16-24/h3-20H,1-2H3/b22-21+. The third kappa shape index (κ3) is 3.54. The van der Waals surface area contributed by atoms with Crippen LogP contribution in [0, 0.1) is 0 Å². The van der Waals surface area contributed by atoms with E-state index in [4.69, 9.17) is 0 Å². The zero-order valence-corrected chi connectivity index (χ0v) is 16.4. The van der Waals surface area contributed by atoms with E-state index < -0.39 is 0 Å². The van der Waals surface area contributed by atoms with Gasteiger partial charge in [0, 0.05) is 0 Å².